The Balaban J connectivity index is 3.25. The maximum Gasteiger partial charge on any atom is 0.574 e. The van der Waals surface area contributed by atoms with Gasteiger partial charge in [-0.05, 0) is 0 Å². The molecule has 0 amide bonds. The van der Waals surface area contributed by atoms with Crippen molar-refractivity contribution in [1.82, 2.24) is 4.98 Å². The highest BCUT2D eigenvalue weighted by Crippen LogP contribution is 2.30. The van der Waals surface area contributed by atoms with Gasteiger partial charge in [-0.25, -0.2) is 9.37 Å². The zero-order chi connectivity index (χ0) is 14.6. The van der Waals surface area contributed by atoms with E-state index in [1.54, 1.807) is 0 Å². The highest BCUT2D eigenvalue weighted by molar-refractivity contribution is 5.70. The van der Waals surface area contributed by atoms with Crippen LogP contribution in [0.5, 0.6) is 11.6 Å². The molecule has 1 N–H and O–H groups in total. The molecule has 1 rings (SSSR count). The molecule has 0 spiro atoms. The van der Waals surface area contributed by atoms with Gasteiger partial charge >= 0.3 is 12.3 Å². The minimum Gasteiger partial charge on any atom is -0.496 e. The Hall–Kier alpha value is -2.06. The normalized spacial score (nSPS) is 11.2. The SMILES string of the molecule is COc1cc(OC(F)(F)F)nc(CC(=O)O)c1CF. The third kappa shape index (κ3) is 4.27. The molecular formula is C10H9F4NO4. The van der Waals surface area contributed by atoms with Crippen molar-refractivity contribution in [3.05, 3.63) is 17.3 Å². The fraction of sp³-hybridized carbons (Fsp3) is 0.400. The summed E-state index contributed by atoms with van der Waals surface area (Å²) in [6, 6.07) is 0.744. The first-order valence-electron chi connectivity index (χ1n) is 4.87. The summed E-state index contributed by atoms with van der Waals surface area (Å²) in [5.41, 5.74) is -0.604. The van der Waals surface area contributed by atoms with E-state index in [4.69, 9.17) is 9.84 Å². The first kappa shape index (κ1) is 15.0. The van der Waals surface area contributed by atoms with Crippen LogP contribution in [0.2, 0.25) is 0 Å². The van der Waals surface area contributed by atoms with Gasteiger partial charge in [-0.1, -0.05) is 0 Å². The number of carbonyl (C=O) groups is 1. The van der Waals surface area contributed by atoms with E-state index in [0.29, 0.717) is 0 Å². The monoisotopic (exact) mass is 283 g/mol. The third-order valence-corrected chi connectivity index (χ3v) is 2.04. The number of carboxylic acids is 1. The van der Waals surface area contributed by atoms with E-state index < -0.39 is 31.3 Å². The summed E-state index contributed by atoms with van der Waals surface area (Å²) in [6.45, 7) is -1.12. The summed E-state index contributed by atoms with van der Waals surface area (Å²) in [7, 11) is 1.11. The molecule has 0 aromatic carbocycles. The molecule has 5 nitrogen and oxygen atoms in total. The molecule has 0 atom stereocenters. The number of hydrogen-bond donors (Lipinski definition) is 1. The number of carboxylic acid groups (broad SMARTS) is 1. The average molecular weight is 283 g/mol. The van der Waals surface area contributed by atoms with Crippen LogP contribution in [0, 0.1) is 0 Å². The molecule has 19 heavy (non-hydrogen) atoms. The predicted molar refractivity (Wildman–Crippen MR) is 53.6 cm³/mol. The largest absolute Gasteiger partial charge is 0.574 e. The Labute approximate surface area is 104 Å². The number of hydrogen-bond acceptors (Lipinski definition) is 4. The van der Waals surface area contributed by atoms with Crippen molar-refractivity contribution in [1.29, 1.82) is 0 Å². The quantitative estimate of drug-likeness (QED) is 0.838. The van der Waals surface area contributed by atoms with Gasteiger partial charge in [0.2, 0.25) is 5.88 Å². The molecule has 9 heteroatoms. The zero-order valence-corrected chi connectivity index (χ0v) is 9.62. The van der Waals surface area contributed by atoms with E-state index in [2.05, 4.69) is 9.72 Å². The number of aromatic nitrogens is 1. The molecule has 0 fully saturated rings. The number of nitrogens with zero attached hydrogens (tertiary/aromatic N) is 1. The van der Waals surface area contributed by atoms with E-state index in [9.17, 15) is 22.4 Å². The Bertz CT molecular complexity index is 475. The van der Waals surface area contributed by atoms with Gasteiger partial charge in [-0.3, -0.25) is 4.79 Å². The topological polar surface area (TPSA) is 68.7 Å². The minimum absolute atomic E-state index is 0.223. The summed E-state index contributed by atoms with van der Waals surface area (Å²) in [5, 5.41) is 8.61. The van der Waals surface area contributed by atoms with Crippen LogP contribution in [0.4, 0.5) is 17.6 Å². The highest BCUT2D eigenvalue weighted by Gasteiger charge is 2.32. The fourth-order valence-electron chi connectivity index (χ4n) is 1.36. The lowest BCUT2D eigenvalue weighted by molar-refractivity contribution is -0.276. The summed E-state index contributed by atoms with van der Waals surface area (Å²) in [5.74, 6) is -2.53. The predicted octanol–water partition coefficient (Wildman–Crippen LogP) is 2.09. The summed E-state index contributed by atoms with van der Waals surface area (Å²) in [6.07, 6.45) is -5.74. The van der Waals surface area contributed by atoms with Crippen LogP contribution in [0.1, 0.15) is 11.3 Å². The number of alkyl halides is 4. The lowest BCUT2D eigenvalue weighted by Crippen LogP contribution is -2.19. The van der Waals surface area contributed by atoms with Gasteiger partial charge in [0.05, 0.1) is 19.2 Å². The van der Waals surface area contributed by atoms with Crippen molar-refractivity contribution in [2.75, 3.05) is 7.11 Å². The van der Waals surface area contributed by atoms with E-state index in [1.165, 1.54) is 0 Å². The Morgan fingerprint density at radius 2 is 2.11 bits per heavy atom. The van der Waals surface area contributed by atoms with E-state index >= 15 is 0 Å². The third-order valence-electron chi connectivity index (χ3n) is 2.04. The fourth-order valence-corrected chi connectivity index (χ4v) is 1.36. The van der Waals surface area contributed by atoms with Crippen LogP contribution in [0.15, 0.2) is 6.07 Å². The molecule has 0 radical (unpaired) electrons. The number of aliphatic carboxylic acids is 1. The molecule has 0 saturated carbocycles. The maximum atomic E-state index is 12.8. The summed E-state index contributed by atoms with van der Waals surface area (Å²) < 4.78 is 57.2. The maximum absolute atomic E-state index is 12.8. The van der Waals surface area contributed by atoms with Crippen molar-refractivity contribution in [3.63, 3.8) is 0 Å². The van der Waals surface area contributed by atoms with Gasteiger partial charge in [0.1, 0.15) is 12.4 Å². The molecule has 1 heterocycles. The van der Waals surface area contributed by atoms with Crippen molar-refractivity contribution in [2.45, 2.75) is 19.5 Å². The van der Waals surface area contributed by atoms with Crippen molar-refractivity contribution in [3.8, 4) is 11.6 Å². The van der Waals surface area contributed by atoms with Gasteiger partial charge < -0.3 is 14.6 Å². The summed E-state index contributed by atoms with van der Waals surface area (Å²) >= 11 is 0. The number of halogens is 4. The number of methoxy groups -OCH3 is 1. The standard InChI is InChI=1S/C10H9F4NO4/c1-18-7-3-8(19-10(12,13)14)15-6(2-9(16)17)5(7)4-11/h3H,2,4H2,1H3,(H,16,17). The van der Waals surface area contributed by atoms with Crippen molar-refractivity contribution < 1.29 is 36.9 Å². The second-order valence-electron chi connectivity index (χ2n) is 3.34. The molecule has 0 aliphatic carbocycles. The van der Waals surface area contributed by atoms with Gasteiger partial charge in [0.15, 0.2) is 0 Å². The highest BCUT2D eigenvalue weighted by atomic mass is 19.4. The smallest absolute Gasteiger partial charge is 0.496 e. The molecule has 1 aromatic rings. The van der Waals surface area contributed by atoms with Gasteiger partial charge in [-0.15, -0.1) is 13.2 Å². The Morgan fingerprint density at radius 1 is 1.47 bits per heavy atom. The molecule has 0 aliphatic heterocycles. The molecule has 0 bridgehead atoms. The van der Waals surface area contributed by atoms with E-state index in [1.807, 2.05) is 0 Å². The van der Waals surface area contributed by atoms with Crippen LogP contribution >= 0.6 is 0 Å². The van der Waals surface area contributed by atoms with E-state index in [0.717, 1.165) is 13.2 Å². The Morgan fingerprint density at radius 3 is 2.53 bits per heavy atom. The molecular weight excluding hydrogens is 274 g/mol. The van der Waals surface area contributed by atoms with Crippen LogP contribution in [-0.4, -0.2) is 29.5 Å². The van der Waals surface area contributed by atoms with Crippen molar-refractivity contribution >= 4 is 5.97 Å². The molecule has 0 saturated heterocycles. The lowest BCUT2D eigenvalue weighted by Gasteiger charge is -2.13. The molecule has 1 aromatic heterocycles. The zero-order valence-electron chi connectivity index (χ0n) is 9.62. The first-order valence-corrected chi connectivity index (χ1v) is 4.87. The number of rotatable bonds is 5. The van der Waals surface area contributed by atoms with Crippen molar-refractivity contribution in [2.24, 2.45) is 0 Å². The first-order chi connectivity index (χ1) is 8.76. The number of ether oxygens (including phenoxy) is 2. The van der Waals surface area contributed by atoms with Crippen LogP contribution < -0.4 is 9.47 Å². The minimum atomic E-state index is -4.99. The summed E-state index contributed by atoms with van der Waals surface area (Å²) in [4.78, 5) is 13.9. The van der Waals surface area contributed by atoms with Crippen LogP contribution in [-0.2, 0) is 17.9 Å². The second-order valence-corrected chi connectivity index (χ2v) is 3.34. The van der Waals surface area contributed by atoms with Gasteiger partial charge in [-0.2, -0.15) is 0 Å². The lowest BCUT2D eigenvalue weighted by atomic mass is 10.1. The second kappa shape index (κ2) is 5.72. The average Bonchev–Trinajstić information content (AvgIpc) is 2.25. The van der Waals surface area contributed by atoms with Gasteiger partial charge in [0.25, 0.3) is 0 Å². The van der Waals surface area contributed by atoms with Crippen LogP contribution in [0.3, 0.4) is 0 Å². The Kier molecular flexibility index (Phi) is 4.52. The number of pyridine rings is 1. The van der Waals surface area contributed by atoms with Crippen LogP contribution in [0.25, 0.3) is 0 Å². The van der Waals surface area contributed by atoms with E-state index in [-0.39, 0.29) is 17.0 Å². The molecule has 106 valence electrons. The molecule has 0 unspecified atom stereocenters. The molecule has 0 aliphatic rings. The van der Waals surface area contributed by atoms with Gasteiger partial charge in [0, 0.05) is 11.6 Å².